The second-order valence-electron chi connectivity index (χ2n) is 5.07. The average molecular weight is 353 g/mol. The Balaban J connectivity index is 1.56. The SMILES string of the molecule is O=C(Nc1ccc(N[S+](O)c2ccccc2)cc1)Nc1ccccn1. The van der Waals surface area contributed by atoms with Gasteiger partial charge >= 0.3 is 17.4 Å². The lowest BCUT2D eigenvalue weighted by molar-refractivity contribution is 0.262. The summed E-state index contributed by atoms with van der Waals surface area (Å²) >= 11 is -1.09. The van der Waals surface area contributed by atoms with Gasteiger partial charge in [-0.1, -0.05) is 24.3 Å². The number of benzene rings is 2. The Morgan fingerprint density at radius 2 is 1.52 bits per heavy atom. The Morgan fingerprint density at radius 3 is 2.20 bits per heavy atom. The number of nitrogens with one attached hydrogen (secondary N) is 3. The van der Waals surface area contributed by atoms with Crippen molar-refractivity contribution in [1.82, 2.24) is 4.98 Å². The maximum atomic E-state index is 11.9. The van der Waals surface area contributed by atoms with Crippen molar-refractivity contribution in [3.8, 4) is 0 Å². The number of hydrogen-bond acceptors (Lipinski definition) is 4. The molecule has 1 aromatic heterocycles. The molecule has 2 aromatic carbocycles. The molecule has 1 heterocycles. The normalized spacial score (nSPS) is 11.4. The second-order valence-corrected chi connectivity index (χ2v) is 6.32. The quantitative estimate of drug-likeness (QED) is 0.518. The van der Waals surface area contributed by atoms with E-state index in [1.54, 1.807) is 48.7 Å². The predicted octanol–water partition coefficient (Wildman–Crippen LogP) is 4.20. The van der Waals surface area contributed by atoms with Crippen LogP contribution in [0, 0.1) is 0 Å². The maximum Gasteiger partial charge on any atom is 0.324 e. The van der Waals surface area contributed by atoms with Gasteiger partial charge in [-0.2, -0.15) is 9.27 Å². The molecule has 126 valence electrons. The van der Waals surface area contributed by atoms with E-state index in [1.807, 2.05) is 30.3 Å². The van der Waals surface area contributed by atoms with Crippen LogP contribution < -0.4 is 15.4 Å². The highest BCUT2D eigenvalue weighted by Crippen LogP contribution is 2.18. The fourth-order valence-corrected chi connectivity index (χ4v) is 2.95. The van der Waals surface area contributed by atoms with Gasteiger partial charge in [-0.25, -0.2) is 9.78 Å². The minimum Gasteiger partial charge on any atom is -0.308 e. The zero-order valence-electron chi connectivity index (χ0n) is 13.2. The van der Waals surface area contributed by atoms with Crippen LogP contribution in [0.2, 0.25) is 0 Å². The van der Waals surface area contributed by atoms with Crippen molar-refractivity contribution in [3.63, 3.8) is 0 Å². The molecule has 0 aliphatic rings. The molecule has 1 unspecified atom stereocenters. The number of carbonyl (C=O) groups excluding carboxylic acids is 1. The van der Waals surface area contributed by atoms with E-state index in [-0.39, 0.29) is 6.03 Å². The fraction of sp³-hybridized carbons (Fsp3) is 0. The van der Waals surface area contributed by atoms with Crippen LogP contribution in [0.4, 0.5) is 22.0 Å². The highest BCUT2D eigenvalue weighted by Gasteiger charge is 2.19. The lowest BCUT2D eigenvalue weighted by atomic mass is 10.3. The smallest absolute Gasteiger partial charge is 0.308 e. The van der Waals surface area contributed by atoms with Crippen molar-refractivity contribution in [2.45, 2.75) is 4.90 Å². The highest BCUT2D eigenvalue weighted by atomic mass is 32.2. The standard InChI is InChI=1S/C18H16N4O2S/c23-18(21-17-8-4-5-13-19-17)20-14-9-11-15(12-10-14)22-25(24)16-6-2-1-3-7-16/h1-13,22,24H,(H-,19,20,21,23)/p+1. The summed E-state index contributed by atoms with van der Waals surface area (Å²) in [5.41, 5.74) is 1.39. The molecule has 4 N–H and O–H groups in total. The van der Waals surface area contributed by atoms with Crippen LogP contribution in [-0.2, 0) is 11.4 Å². The summed E-state index contributed by atoms with van der Waals surface area (Å²) in [6, 6.07) is 21.3. The van der Waals surface area contributed by atoms with E-state index in [0.29, 0.717) is 11.5 Å². The summed E-state index contributed by atoms with van der Waals surface area (Å²) < 4.78 is 13.2. The summed E-state index contributed by atoms with van der Waals surface area (Å²) in [5.74, 6) is 0.477. The fourth-order valence-electron chi connectivity index (χ4n) is 2.06. The van der Waals surface area contributed by atoms with Crippen LogP contribution in [0.1, 0.15) is 0 Å². The molecule has 0 fully saturated rings. The van der Waals surface area contributed by atoms with E-state index in [4.69, 9.17) is 0 Å². The number of hydrogen-bond donors (Lipinski definition) is 4. The third-order valence-corrected chi connectivity index (χ3v) is 4.38. The molecule has 3 aromatic rings. The van der Waals surface area contributed by atoms with Gasteiger partial charge in [0.25, 0.3) is 0 Å². The Kier molecular flexibility index (Phi) is 5.50. The maximum absolute atomic E-state index is 11.9. The molecular formula is C18H17N4O2S+. The van der Waals surface area contributed by atoms with E-state index in [9.17, 15) is 9.35 Å². The number of amides is 2. The Bertz CT molecular complexity index is 813. The van der Waals surface area contributed by atoms with Crippen LogP contribution >= 0.6 is 0 Å². The number of urea groups is 1. The van der Waals surface area contributed by atoms with Crippen LogP contribution in [0.5, 0.6) is 0 Å². The summed E-state index contributed by atoms with van der Waals surface area (Å²) in [7, 11) is 0. The van der Waals surface area contributed by atoms with E-state index in [2.05, 4.69) is 20.3 Å². The summed E-state index contributed by atoms with van der Waals surface area (Å²) in [4.78, 5) is 16.7. The van der Waals surface area contributed by atoms with Gasteiger partial charge in [0.15, 0.2) is 0 Å². The second kappa shape index (κ2) is 8.18. The summed E-state index contributed by atoms with van der Waals surface area (Å²) in [5, 5.41) is 5.37. The first-order valence-corrected chi connectivity index (χ1v) is 8.73. The number of pyridine rings is 1. The minimum atomic E-state index is -1.09. The molecule has 2 amide bonds. The number of rotatable bonds is 5. The third kappa shape index (κ3) is 4.97. The number of carbonyl (C=O) groups is 1. The molecule has 7 heteroatoms. The molecule has 0 saturated carbocycles. The molecule has 0 aliphatic carbocycles. The van der Waals surface area contributed by atoms with Gasteiger partial charge in [0, 0.05) is 11.9 Å². The van der Waals surface area contributed by atoms with Crippen molar-refractivity contribution in [3.05, 3.63) is 79.0 Å². The monoisotopic (exact) mass is 353 g/mol. The van der Waals surface area contributed by atoms with E-state index < -0.39 is 11.4 Å². The molecule has 6 nitrogen and oxygen atoms in total. The summed E-state index contributed by atoms with van der Waals surface area (Å²) in [6.07, 6.45) is 1.61. The molecule has 1 atom stereocenters. The first-order valence-electron chi connectivity index (χ1n) is 7.55. The minimum absolute atomic E-state index is 0.370. The van der Waals surface area contributed by atoms with Crippen molar-refractivity contribution < 1.29 is 9.35 Å². The largest absolute Gasteiger partial charge is 0.324 e. The molecule has 25 heavy (non-hydrogen) atoms. The lowest BCUT2D eigenvalue weighted by Crippen LogP contribution is -2.20. The van der Waals surface area contributed by atoms with Gasteiger partial charge in [-0.15, -0.1) is 0 Å². The van der Waals surface area contributed by atoms with Gasteiger partial charge in [0.05, 0.1) is 5.69 Å². The van der Waals surface area contributed by atoms with Gasteiger partial charge in [-0.3, -0.25) is 5.32 Å². The predicted molar refractivity (Wildman–Crippen MR) is 102 cm³/mol. The molecule has 0 saturated heterocycles. The molecule has 0 bridgehead atoms. The highest BCUT2D eigenvalue weighted by molar-refractivity contribution is 7.92. The van der Waals surface area contributed by atoms with Crippen LogP contribution in [0.25, 0.3) is 0 Å². The molecular weight excluding hydrogens is 336 g/mol. The average Bonchev–Trinajstić information content (AvgIpc) is 2.65. The topological polar surface area (TPSA) is 86.3 Å². The number of nitrogens with zero attached hydrogens (tertiary/aromatic N) is 1. The number of anilines is 3. The molecule has 3 rings (SSSR count). The first kappa shape index (κ1) is 16.8. The van der Waals surface area contributed by atoms with Gasteiger partial charge in [-0.05, 0) is 48.5 Å². The Morgan fingerprint density at radius 1 is 0.840 bits per heavy atom. The van der Waals surface area contributed by atoms with Gasteiger partial charge in [0.1, 0.15) is 5.82 Å². The zero-order valence-corrected chi connectivity index (χ0v) is 14.0. The van der Waals surface area contributed by atoms with E-state index in [1.165, 1.54) is 0 Å². The summed E-state index contributed by atoms with van der Waals surface area (Å²) in [6.45, 7) is 0. The van der Waals surface area contributed by atoms with Crippen LogP contribution in [-0.4, -0.2) is 15.6 Å². The van der Waals surface area contributed by atoms with Crippen LogP contribution in [0.15, 0.2) is 83.9 Å². The number of aromatic nitrogens is 1. The van der Waals surface area contributed by atoms with Crippen molar-refractivity contribution in [2.24, 2.45) is 0 Å². The first-order chi connectivity index (χ1) is 12.2. The van der Waals surface area contributed by atoms with Gasteiger partial charge in [0.2, 0.25) is 4.90 Å². The van der Waals surface area contributed by atoms with Gasteiger partial charge < -0.3 is 5.32 Å². The third-order valence-electron chi connectivity index (χ3n) is 3.23. The molecule has 0 spiro atoms. The van der Waals surface area contributed by atoms with E-state index in [0.717, 1.165) is 10.6 Å². The Labute approximate surface area is 148 Å². The molecule has 0 aliphatic heterocycles. The van der Waals surface area contributed by atoms with E-state index >= 15 is 0 Å². The van der Waals surface area contributed by atoms with Crippen LogP contribution in [0.3, 0.4) is 0 Å². The lowest BCUT2D eigenvalue weighted by Gasteiger charge is -2.08. The molecule has 0 radical (unpaired) electrons. The van der Waals surface area contributed by atoms with Crippen molar-refractivity contribution >= 4 is 34.6 Å². The van der Waals surface area contributed by atoms with Crippen molar-refractivity contribution in [1.29, 1.82) is 0 Å². The van der Waals surface area contributed by atoms with Crippen molar-refractivity contribution in [2.75, 3.05) is 15.4 Å². The zero-order chi connectivity index (χ0) is 17.5. The Hall–Kier alpha value is -3.03.